The molecule has 3 heteroatoms. The summed E-state index contributed by atoms with van der Waals surface area (Å²) < 4.78 is 14.1. The molecule has 1 aromatic carbocycles. The van der Waals surface area contributed by atoms with Crippen molar-refractivity contribution in [1.82, 2.24) is 5.32 Å². The minimum Gasteiger partial charge on any atom is -0.371 e. The van der Waals surface area contributed by atoms with Crippen molar-refractivity contribution in [3.63, 3.8) is 0 Å². The molecule has 1 aromatic rings. The molecule has 1 N–H and O–H groups in total. The van der Waals surface area contributed by atoms with Crippen LogP contribution in [0.2, 0.25) is 0 Å². The molecule has 2 fully saturated rings. The van der Waals surface area contributed by atoms with Crippen molar-refractivity contribution in [3.8, 4) is 0 Å². The van der Waals surface area contributed by atoms with Crippen LogP contribution in [0.25, 0.3) is 0 Å². The van der Waals surface area contributed by atoms with Crippen LogP contribution < -0.4 is 10.2 Å². The molecule has 2 aliphatic carbocycles. The highest BCUT2D eigenvalue weighted by Gasteiger charge is 2.26. The molecule has 19 heavy (non-hydrogen) atoms. The van der Waals surface area contributed by atoms with Gasteiger partial charge in [0.05, 0.1) is 0 Å². The zero-order valence-electron chi connectivity index (χ0n) is 11.7. The molecule has 0 amide bonds. The number of nitrogens with one attached hydrogen (secondary N) is 1. The lowest BCUT2D eigenvalue weighted by atomic mass is 10.1. The number of halogens is 1. The summed E-state index contributed by atoms with van der Waals surface area (Å²) in [5.41, 5.74) is 1.93. The van der Waals surface area contributed by atoms with E-state index in [0.717, 1.165) is 30.3 Å². The van der Waals surface area contributed by atoms with E-state index < -0.39 is 0 Å². The Balaban J connectivity index is 1.77. The quantitative estimate of drug-likeness (QED) is 0.811. The number of rotatable bonds is 7. The van der Waals surface area contributed by atoms with Gasteiger partial charge in [-0.15, -0.1) is 0 Å². The Labute approximate surface area is 115 Å². The third-order valence-corrected chi connectivity index (χ3v) is 4.14. The van der Waals surface area contributed by atoms with Gasteiger partial charge in [-0.2, -0.15) is 0 Å². The minimum atomic E-state index is -0.0695. The monoisotopic (exact) mass is 262 g/mol. The summed E-state index contributed by atoms with van der Waals surface area (Å²) in [5.74, 6) is 0.757. The average Bonchev–Trinajstić information content (AvgIpc) is 3.28. The van der Waals surface area contributed by atoms with Crippen LogP contribution in [0.3, 0.4) is 0 Å². The van der Waals surface area contributed by atoms with Gasteiger partial charge in [-0.25, -0.2) is 4.39 Å². The maximum Gasteiger partial charge on any atom is 0.129 e. The van der Waals surface area contributed by atoms with E-state index in [0.29, 0.717) is 12.6 Å². The van der Waals surface area contributed by atoms with Gasteiger partial charge in [-0.05, 0) is 50.7 Å². The second-order valence-corrected chi connectivity index (χ2v) is 5.87. The molecule has 2 saturated carbocycles. The second-order valence-electron chi connectivity index (χ2n) is 5.87. The molecular weight excluding hydrogens is 239 g/mol. The van der Waals surface area contributed by atoms with Crippen LogP contribution in [0.5, 0.6) is 0 Å². The zero-order valence-corrected chi connectivity index (χ0v) is 11.7. The van der Waals surface area contributed by atoms with Crippen LogP contribution in [0, 0.1) is 11.7 Å². The number of nitrogens with zero attached hydrogens (tertiary/aromatic N) is 1. The van der Waals surface area contributed by atoms with E-state index in [-0.39, 0.29) is 5.82 Å². The first-order chi connectivity index (χ1) is 9.28. The van der Waals surface area contributed by atoms with E-state index in [1.165, 1.54) is 25.7 Å². The summed E-state index contributed by atoms with van der Waals surface area (Å²) in [6.45, 7) is 4.85. The van der Waals surface area contributed by atoms with E-state index in [2.05, 4.69) is 23.2 Å². The lowest BCUT2D eigenvalue weighted by Gasteiger charge is -2.26. The predicted molar refractivity (Wildman–Crippen MR) is 76.9 cm³/mol. The third kappa shape index (κ3) is 3.27. The smallest absolute Gasteiger partial charge is 0.129 e. The van der Waals surface area contributed by atoms with Crippen molar-refractivity contribution in [1.29, 1.82) is 0 Å². The molecule has 104 valence electrons. The Morgan fingerprint density at radius 1 is 1.26 bits per heavy atom. The summed E-state index contributed by atoms with van der Waals surface area (Å²) in [4.78, 5) is 2.34. The Kier molecular flexibility index (Phi) is 3.74. The Hall–Kier alpha value is -1.09. The SMILES string of the molecule is CCN(CC1CC1)c1cccc(F)c1CNC1CC1. The molecule has 0 aliphatic heterocycles. The van der Waals surface area contributed by atoms with Crippen molar-refractivity contribution in [3.05, 3.63) is 29.6 Å². The van der Waals surface area contributed by atoms with Crippen molar-refractivity contribution in [2.75, 3.05) is 18.0 Å². The van der Waals surface area contributed by atoms with Gasteiger partial charge >= 0.3 is 0 Å². The van der Waals surface area contributed by atoms with Crippen LogP contribution in [0.1, 0.15) is 38.2 Å². The molecule has 0 spiro atoms. The lowest BCUT2D eigenvalue weighted by molar-refractivity contribution is 0.584. The Morgan fingerprint density at radius 2 is 2.05 bits per heavy atom. The van der Waals surface area contributed by atoms with Crippen molar-refractivity contribution in [2.24, 2.45) is 5.92 Å². The minimum absolute atomic E-state index is 0.0695. The van der Waals surface area contributed by atoms with Gasteiger partial charge < -0.3 is 10.2 Å². The molecule has 0 atom stereocenters. The van der Waals surface area contributed by atoms with Crippen molar-refractivity contribution < 1.29 is 4.39 Å². The van der Waals surface area contributed by atoms with Crippen LogP contribution in [0.4, 0.5) is 10.1 Å². The molecule has 0 unspecified atom stereocenters. The first-order valence-electron chi connectivity index (χ1n) is 7.53. The summed E-state index contributed by atoms with van der Waals surface area (Å²) in [6, 6.07) is 6.10. The van der Waals surface area contributed by atoms with Crippen LogP contribution >= 0.6 is 0 Å². The van der Waals surface area contributed by atoms with E-state index in [1.807, 2.05) is 6.07 Å². The normalized spacial score (nSPS) is 18.6. The van der Waals surface area contributed by atoms with Gasteiger partial charge in [0.1, 0.15) is 5.82 Å². The van der Waals surface area contributed by atoms with E-state index >= 15 is 0 Å². The maximum atomic E-state index is 14.1. The number of hydrogen-bond acceptors (Lipinski definition) is 2. The topological polar surface area (TPSA) is 15.3 Å². The van der Waals surface area contributed by atoms with Gasteiger partial charge in [0.2, 0.25) is 0 Å². The summed E-state index contributed by atoms with van der Waals surface area (Å²) in [5, 5.41) is 3.44. The Morgan fingerprint density at radius 3 is 2.68 bits per heavy atom. The van der Waals surface area contributed by atoms with Crippen molar-refractivity contribution >= 4 is 5.69 Å². The second kappa shape index (κ2) is 5.49. The van der Waals surface area contributed by atoms with Crippen molar-refractivity contribution in [2.45, 2.75) is 45.2 Å². The molecule has 0 aromatic heterocycles. The number of hydrogen-bond donors (Lipinski definition) is 1. The first-order valence-corrected chi connectivity index (χ1v) is 7.53. The molecule has 0 saturated heterocycles. The molecule has 2 nitrogen and oxygen atoms in total. The standard InChI is InChI=1S/C16H23FN2/c1-2-19(11-12-6-7-12)16-5-3-4-15(17)14(16)10-18-13-8-9-13/h3-5,12-13,18H,2,6-11H2,1H3. The maximum absolute atomic E-state index is 14.1. The Bertz CT molecular complexity index is 438. The van der Waals surface area contributed by atoms with Crippen LogP contribution in [-0.2, 0) is 6.54 Å². The van der Waals surface area contributed by atoms with Gasteiger partial charge in [-0.1, -0.05) is 6.07 Å². The van der Waals surface area contributed by atoms with E-state index in [4.69, 9.17) is 0 Å². The highest BCUT2D eigenvalue weighted by Crippen LogP contribution is 2.33. The average molecular weight is 262 g/mol. The highest BCUT2D eigenvalue weighted by molar-refractivity contribution is 5.54. The molecular formula is C16H23FN2. The number of benzene rings is 1. The molecule has 2 aliphatic rings. The van der Waals surface area contributed by atoms with Gasteiger partial charge in [0.25, 0.3) is 0 Å². The van der Waals surface area contributed by atoms with Gasteiger partial charge in [0, 0.05) is 36.9 Å². The molecule has 0 heterocycles. The lowest BCUT2D eigenvalue weighted by Crippen LogP contribution is -2.28. The summed E-state index contributed by atoms with van der Waals surface area (Å²) in [6.07, 6.45) is 5.15. The van der Waals surface area contributed by atoms with Gasteiger partial charge in [-0.3, -0.25) is 0 Å². The van der Waals surface area contributed by atoms with Gasteiger partial charge in [0.15, 0.2) is 0 Å². The third-order valence-electron chi connectivity index (χ3n) is 4.14. The number of anilines is 1. The fraction of sp³-hybridized carbons (Fsp3) is 0.625. The van der Waals surface area contributed by atoms with Crippen LogP contribution in [0.15, 0.2) is 18.2 Å². The fourth-order valence-corrected chi connectivity index (χ4v) is 2.56. The van der Waals surface area contributed by atoms with E-state index in [9.17, 15) is 4.39 Å². The first kappa shape index (κ1) is 12.9. The molecule has 3 rings (SSSR count). The fourth-order valence-electron chi connectivity index (χ4n) is 2.56. The molecule has 0 radical (unpaired) electrons. The summed E-state index contributed by atoms with van der Waals surface area (Å²) in [7, 11) is 0. The largest absolute Gasteiger partial charge is 0.371 e. The molecule has 0 bridgehead atoms. The zero-order chi connectivity index (χ0) is 13.2. The summed E-state index contributed by atoms with van der Waals surface area (Å²) >= 11 is 0. The highest BCUT2D eigenvalue weighted by atomic mass is 19.1. The van der Waals surface area contributed by atoms with E-state index in [1.54, 1.807) is 6.07 Å². The van der Waals surface area contributed by atoms with Crippen LogP contribution in [-0.4, -0.2) is 19.1 Å². The predicted octanol–water partition coefficient (Wildman–Crippen LogP) is 3.31.